The van der Waals surface area contributed by atoms with Crippen molar-refractivity contribution in [3.8, 4) is 11.5 Å². The van der Waals surface area contributed by atoms with Gasteiger partial charge in [-0.25, -0.2) is 4.39 Å². The van der Waals surface area contributed by atoms with Crippen molar-refractivity contribution < 1.29 is 8.91 Å². The molecule has 0 amide bonds. The first-order valence-electron chi connectivity index (χ1n) is 6.25. The van der Waals surface area contributed by atoms with Crippen molar-refractivity contribution in [2.24, 2.45) is 0 Å². The highest BCUT2D eigenvalue weighted by Crippen LogP contribution is 2.27. The van der Waals surface area contributed by atoms with E-state index in [1.54, 1.807) is 36.4 Å². The smallest absolute Gasteiger partial charge is 0.260 e. The van der Waals surface area contributed by atoms with E-state index in [1.165, 1.54) is 6.07 Å². The van der Waals surface area contributed by atoms with Gasteiger partial charge in [-0.3, -0.25) is 0 Å². The van der Waals surface area contributed by atoms with Crippen molar-refractivity contribution >= 4 is 17.3 Å². The van der Waals surface area contributed by atoms with Crippen LogP contribution >= 0.6 is 11.6 Å². The van der Waals surface area contributed by atoms with Crippen LogP contribution in [0.3, 0.4) is 0 Å². The molecular weight excluding hydrogens is 293 g/mol. The predicted octanol–water partition coefficient (Wildman–Crippen LogP) is 3.70. The van der Waals surface area contributed by atoms with Crippen LogP contribution in [-0.2, 0) is 6.42 Å². The summed E-state index contributed by atoms with van der Waals surface area (Å²) in [6.45, 7) is 0. The Morgan fingerprint density at radius 3 is 2.76 bits per heavy atom. The lowest BCUT2D eigenvalue weighted by Gasteiger charge is -2.00. The van der Waals surface area contributed by atoms with Gasteiger partial charge in [0.05, 0.1) is 5.56 Å². The van der Waals surface area contributed by atoms with Gasteiger partial charge in [-0.05, 0) is 29.8 Å². The van der Waals surface area contributed by atoms with E-state index in [4.69, 9.17) is 21.9 Å². The summed E-state index contributed by atoms with van der Waals surface area (Å²) in [4.78, 5) is 4.24. The number of nitrogens with two attached hydrogens (primary N) is 1. The Morgan fingerprint density at radius 1 is 1.19 bits per heavy atom. The monoisotopic (exact) mass is 303 g/mol. The van der Waals surface area contributed by atoms with Crippen LogP contribution in [0.4, 0.5) is 10.1 Å². The minimum absolute atomic E-state index is 0.254. The van der Waals surface area contributed by atoms with Crippen LogP contribution in [0, 0.1) is 5.82 Å². The zero-order chi connectivity index (χ0) is 14.8. The van der Waals surface area contributed by atoms with E-state index in [0.29, 0.717) is 27.7 Å². The molecule has 0 spiro atoms. The summed E-state index contributed by atoms with van der Waals surface area (Å²) in [5, 5.41) is 4.38. The van der Waals surface area contributed by atoms with Gasteiger partial charge < -0.3 is 10.3 Å². The Morgan fingerprint density at radius 2 is 2.00 bits per heavy atom. The van der Waals surface area contributed by atoms with E-state index >= 15 is 0 Å². The Kier molecular flexibility index (Phi) is 3.58. The predicted molar refractivity (Wildman–Crippen MR) is 78.4 cm³/mol. The molecule has 0 saturated heterocycles. The minimum atomic E-state index is -0.296. The molecule has 0 atom stereocenters. The van der Waals surface area contributed by atoms with Gasteiger partial charge in [-0.2, -0.15) is 4.98 Å². The highest BCUT2D eigenvalue weighted by molar-refractivity contribution is 6.31. The molecule has 0 radical (unpaired) electrons. The molecule has 6 heteroatoms. The van der Waals surface area contributed by atoms with Crippen molar-refractivity contribution in [2.45, 2.75) is 6.42 Å². The number of halogens is 2. The van der Waals surface area contributed by atoms with Gasteiger partial charge in [0.1, 0.15) is 5.82 Å². The van der Waals surface area contributed by atoms with Crippen LogP contribution in [0.2, 0.25) is 5.02 Å². The van der Waals surface area contributed by atoms with Crippen LogP contribution < -0.4 is 5.73 Å². The standard InChI is InChI=1S/C15H11ClFN3O/c16-10-5-6-11(13(18)8-10)15-19-14(20-21-15)7-9-3-1-2-4-12(9)17/h1-6,8H,7,18H2. The van der Waals surface area contributed by atoms with Crippen LogP contribution in [0.1, 0.15) is 11.4 Å². The Labute approximate surface area is 125 Å². The topological polar surface area (TPSA) is 64.9 Å². The largest absolute Gasteiger partial charge is 0.398 e. The number of aromatic nitrogens is 2. The van der Waals surface area contributed by atoms with Crippen LogP contribution in [-0.4, -0.2) is 10.1 Å². The lowest BCUT2D eigenvalue weighted by atomic mass is 10.1. The third kappa shape index (κ3) is 2.87. The van der Waals surface area contributed by atoms with Crippen LogP contribution in [0.15, 0.2) is 47.0 Å². The minimum Gasteiger partial charge on any atom is -0.398 e. The van der Waals surface area contributed by atoms with E-state index in [9.17, 15) is 4.39 Å². The normalized spacial score (nSPS) is 10.8. The van der Waals surface area contributed by atoms with Crippen molar-refractivity contribution in [1.29, 1.82) is 0 Å². The number of hydrogen-bond acceptors (Lipinski definition) is 4. The molecule has 4 nitrogen and oxygen atoms in total. The Bertz CT molecular complexity index is 788. The molecule has 0 aliphatic heterocycles. The average molecular weight is 304 g/mol. The summed E-state index contributed by atoms with van der Waals surface area (Å²) in [6, 6.07) is 11.5. The molecule has 0 bridgehead atoms. The third-order valence-electron chi connectivity index (χ3n) is 3.02. The summed E-state index contributed by atoms with van der Waals surface area (Å²) in [7, 11) is 0. The molecule has 2 N–H and O–H groups in total. The van der Waals surface area contributed by atoms with Gasteiger partial charge in [0.25, 0.3) is 5.89 Å². The molecule has 0 aliphatic carbocycles. The fraction of sp³-hybridized carbons (Fsp3) is 0.0667. The molecule has 0 fully saturated rings. The molecule has 21 heavy (non-hydrogen) atoms. The first-order valence-corrected chi connectivity index (χ1v) is 6.62. The van der Waals surface area contributed by atoms with Crippen molar-refractivity contribution in [1.82, 2.24) is 10.1 Å². The zero-order valence-corrected chi connectivity index (χ0v) is 11.6. The van der Waals surface area contributed by atoms with Crippen molar-refractivity contribution in [3.63, 3.8) is 0 Å². The highest BCUT2D eigenvalue weighted by Gasteiger charge is 2.13. The lowest BCUT2D eigenvalue weighted by Crippen LogP contribution is -1.94. The molecule has 0 aliphatic rings. The molecule has 0 saturated carbocycles. The van der Waals surface area contributed by atoms with Gasteiger partial charge in [0.2, 0.25) is 0 Å². The number of nitrogen functional groups attached to an aromatic ring is 1. The second kappa shape index (κ2) is 5.54. The Hall–Kier alpha value is -2.40. The molecule has 1 aromatic heterocycles. The third-order valence-corrected chi connectivity index (χ3v) is 3.25. The first-order chi connectivity index (χ1) is 10.1. The van der Waals surface area contributed by atoms with E-state index in [1.807, 2.05) is 0 Å². The van der Waals surface area contributed by atoms with Gasteiger partial charge in [-0.1, -0.05) is 35.0 Å². The fourth-order valence-corrected chi connectivity index (χ4v) is 2.16. The number of benzene rings is 2. The van der Waals surface area contributed by atoms with E-state index in [0.717, 1.165) is 0 Å². The van der Waals surface area contributed by atoms with Crippen molar-refractivity contribution in [3.05, 3.63) is 64.7 Å². The quantitative estimate of drug-likeness (QED) is 0.749. The summed E-state index contributed by atoms with van der Waals surface area (Å²) < 4.78 is 18.8. The van der Waals surface area contributed by atoms with E-state index < -0.39 is 0 Å². The molecule has 0 unspecified atom stereocenters. The fourth-order valence-electron chi connectivity index (χ4n) is 1.98. The van der Waals surface area contributed by atoms with Gasteiger partial charge in [-0.15, -0.1) is 0 Å². The van der Waals surface area contributed by atoms with Gasteiger partial charge >= 0.3 is 0 Å². The van der Waals surface area contributed by atoms with E-state index in [-0.39, 0.29) is 18.1 Å². The summed E-state index contributed by atoms with van der Waals surface area (Å²) >= 11 is 5.85. The van der Waals surface area contributed by atoms with Crippen LogP contribution in [0.25, 0.3) is 11.5 Å². The van der Waals surface area contributed by atoms with Gasteiger partial charge in [0, 0.05) is 17.1 Å². The highest BCUT2D eigenvalue weighted by atomic mass is 35.5. The first kappa shape index (κ1) is 13.6. The average Bonchev–Trinajstić information content (AvgIpc) is 2.90. The van der Waals surface area contributed by atoms with E-state index in [2.05, 4.69) is 10.1 Å². The number of nitrogens with zero attached hydrogens (tertiary/aromatic N) is 2. The van der Waals surface area contributed by atoms with Gasteiger partial charge in [0.15, 0.2) is 5.82 Å². The number of rotatable bonds is 3. The number of hydrogen-bond donors (Lipinski definition) is 1. The second-order valence-electron chi connectivity index (χ2n) is 4.52. The summed E-state index contributed by atoms with van der Waals surface area (Å²) in [6.07, 6.45) is 0.254. The second-order valence-corrected chi connectivity index (χ2v) is 4.95. The molecule has 1 heterocycles. The SMILES string of the molecule is Nc1cc(Cl)ccc1-c1nc(Cc2ccccc2F)no1. The maximum absolute atomic E-state index is 13.6. The summed E-state index contributed by atoms with van der Waals surface area (Å²) in [5.74, 6) is 0.384. The lowest BCUT2D eigenvalue weighted by molar-refractivity contribution is 0.423. The molecule has 106 valence electrons. The number of anilines is 1. The molecule has 3 rings (SSSR count). The molecular formula is C15H11ClFN3O. The maximum Gasteiger partial charge on any atom is 0.260 e. The molecule has 2 aromatic carbocycles. The summed E-state index contributed by atoms with van der Waals surface area (Å²) in [5.41, 5.74) is 7.43. The van der Waals surface area contributed by atoms with Crippen molar-refractivity contribution in [2.75, 3.05) is 5.73 Å². The zero-order valence-electron chi connectivity index (χ0n) is 10.9. The Balaban J connectivity index is 1.88. The van der Waals surface area contributed by atoms with Crippen LogP contribution in [0.5, 0.6) is 0 Å². The maximum atomic E-state index is 13.6. The molecule has 3 aromatic rings.